The lowest BCUT2D eigenvalue weighted by Crippen LogP contribution is -1.99. The van der Waals surface area contributed by atoms with Gasteiger partial charge in [-0.2, -0.15) is 0 Å². The molecular formula is C20H20OS. The van der Waals surface area contributed by atoms with Gasteiger partial charge in [0.25, 0.3) is 0 Å². The lowest BCUT2D eigenvalue weighted by Gasteiger charge is -2.09. The first kappa shape index (κ1) is 15.0. The fourth-order valence-corrected chi connectivity index (χ4v) is 3.92. The van der Waals surface area contributed by atoms with E-state index in [9.17, 15) is 4.79 Å². The van der Waals surface area contributed by atoms with Crippen LogP contribution < -0.4 is 5.43 Å². The summed E-state index contributed by atoms with van der Waals surface area (Å²) in [5.41, 5.74) is 2.68. The zero-order chi connectivity index (χ0) is 15.4. The van der Waals surface area contributed by atoms with Crippen LogP contribution in [0.2, 0.25) is 0 Å². The summed E-state index contributed by atoms with van der Waals surface area (Å²) in [7, 11) is 0. The van der Waals surface area contributed by atoms with Crippen LogP contribution in [0.15, 0.2) is 59.4 Å². The lowest BCUT2D eigenvalue weighted by atomic mass is 10.00. The highest BCUT2D eigenvalue weighted by molar-refractivity contribution is 7.21. The monoisotopic (exact) mass is 308 g/mol. The molecule has 0 saturated heterocycles. The molecule has 1 heterocycles. The first-order valence-corrected chi connectivity index (χ1v) is 8.72. The minimum absolute atomic E-state index is 0.118. The average molecular weight is 308 g/mol. The van der Waals surface area contributed by atoms with E-state index < -0.39 is 0 Å². The fraction of sp³-hybridized carbons (Fsp3) is 0.250. The zero-order valence-corrected chi connectivity index (χ0v) is 13.7. The van der Waals surface area contributed by atoms with Crippen LogP contribution in [0, 0.1) is 0 Å². The van der Waals surface area contributed by atoms with Gasteiger partial charge in [-0.3, -0.25) is 4.79 Å². The quantitative estimate of drug-likeness (QED) is 0.556. The number of hydrogen-bond donors (Lipinski definition) is 0. The molecular weight excluding hydrogens is 288 g/mol. The van der Waals surface area contributed by atoms with Crippen LogP contribution in [0.4, 0.5) is 0 Å². The van der Waals surface area contributed by atoms with Crippen LogP contribution in [-0.2, 0) is 6.42 Å². The summed E-state index contributed by atoms with van der Waals surface area (Å²) in [6.45, 7) is 2.22. The van der Waals surface area contributed by atoms with Crippen LogP contribution in [0.5, 0.6) is 0 Å². The van der Waals surface area contributed by atoms with Gasteiger partial charge < -0.3 is 0 Å². The largest absolute Gasteiger partial charge is 0.289 e. The highest BCUT2D eigenvalue weighted by atomic mass is 32.1. The molecule has 0 atom stereocenters. The van der Waals surface area contributed by atoms with E-state index >= 15 is 0 Å². The Kier molecular flexibility index (Phi) is 4.69. The predicted octanol–water partition coefficient (Wildman–Crippen LogP) is 5.66. The molecule has 0 amide bonds. The number of benzene rings is 2. The Balaban J connectivity index is 2.06. The Bertz CT molecular complexity index is 832. The first-order chi connectivity index (χ1) is 10.8. The fourth-order valence-electron chi connectivity index (χ4n) is 2.78. The van der Waals surface area contributed by atoms with Crippen molar-refractivity contribution in [1.82, 2.24) is 0 Å². The van der Waals surface area contributed by atoms with E-state index in [-0.39, 0.29) is 5.43 Å². The molecule has 0 spiro atoms. The van der Waals surface area contributed by atoms with Crippen molar-refractivity contribution in [3.8, 4) is 10.4 Å². The molecule has 0 bridgehead atoms. The van der Waals surface area contributed by atoms with Gasteiger partial charge in [-0.05, 0) is 36.1 Å². The standard InChI is InChI=1S/C20H20OS/c1-2-3-4-9-15-10-5-6-11-16(15)20-14-18(21)17-12-7-8-13-19(17)22-20/h5-8,10-14H,2-4,9H2,1H3. The molecule has 0 aliphatic rings. The third kappa shape index (κ3) is 3.12. The van der Waals surface area contributed by atoms with Gasteiger partial charge in [0.05, 0.1) is 0 Å². The third-order valence-corrected chi connectivity index (χ3v) is 5.10. The Hall–Kier alpha value is -1.93. The smallest absolute Gasteiger partial charge is 0.188 e. The topological polar surface area (TPSA) is 17.1 Å². The van der Waals surface area contributed by atoms with Crippen LogP contribution in [0.1, 0.15) is 31.7 Å². The van der Waals surface area contributed by atoms with Gasteiger partial charge in [-0.1, -0.05) is 56.2 Å². The van der Waals surface area contributed by atoms with Gasteiger partial charge in [0.15, 0.2) is 5.43 Å². The van der Waals surface area contributed by atoms with Gasteiger partial charge in [0, 0.05) is 21.0 Å². The van der Waals surface area contributed by atoms with Gasteiger partial charge in [0.1, 0.15) is 0 Å². The minimum atomic E-state index is 0.118. The number of aryl methyl sites for hydroxylation is 1. The van der Waals surface area contributed by atoms with E-state index in [0.29, 0.717) is 0 Å². The van der Waals surface area contributed by atoms with Crippen molar-refractivity contribution in [3.63, 3.8) is 0 Å². The Labute approximate surface area is 135 Å². The van der Waals surface area contributed by atoms with Crippen molar-refractivity contribution in [2.45, 2.75) is 32.6 Å². The second-order valence-electron chi connectivity index (χ2n) is 5.59. The zero-order valence-electron chi connectivity index (χ0n) is 12.8. The molecule has 2 aromatic carbocycles. The molecule has 0 saturated carbocycles. The van der Waals surface area contributed by atoms with Crippen LogP contribution in [-0.4, -0.2) is 0 Å². The predicted molar refractivity (Wildman–Crippen MR) is 96.8 cm³/mol. The average Bonchev–Trinajstić information content (AvgIpc) is 2.55. The summed E-state index contributed by atoms with van der Waals surface area (Å²) in [5.74, 6) is 0. The van der Waals surface area contributed by atoms with Gasteiger partial charge >= 0.3 is 0 Å². The minimum Gasteiger partial charge on any atom is -0.289 e. The van der Waals surface area contributed by atoms with E-state index in [1.54, 1.807) is 17.4 Å². The summed E-state index contributed by atoms with van der Waals surface area (Å²) in [5, 5.41) is 0.819. The Morgan fingerprint density at radius 2 is 1.73 bits per heavy atom. The van der Waals surface area contributed by atoms with Crippen molar-refractivity contribution in [1.29, 1.82) is 0 Å². The van der Waals surface area contributed by atoms with Crippen LogP contribution in [0.25, 0.3) is 20.5 Å². The molecule has 112 valence electrons. The molecule has 0 fully saturated rings. The number of fused-ring (bicyclic) bond motifs is 1. The maximum atomic E-state index is 12.4. The van der Waals surface area contributed by atoms with Gasteiger partial charge in [-0.15, -0.1) is 11.3 Å². The molecule has 0 aliphatic carbocycles. The Morgan fingerprint density at radius 3 is 2.59 bits per heavy atom. The Morgan fingerprint density at radius 1 is 0.955 bits per heavy atom. The van der Waals surface area contributed by atoms with Crippen molar-refractivity contribution in [3.05, 3.63) is 70.4 Å². The van der Waals surface area contributed by atoms with E-state index in [1.807, 2.05) is 24.3 Å². The second kappa shape index (κ2) is 6.89. The molecule has 0 N–H and O–H groups in total. The van der Waals surface area contributed by atoms with Gasteiger partial charge in [0.2, 0.25) is 0 Å². The summed E-state index contributed by atoms with van der Waals surface area (Å²) >= 11 is 1.71. The number of unbranched alkanes of at least 4 members (excludes halogenated alkanes) is 2. The van der Waals surface area contributed by atoms with Gasteiger partial charge in [-0.25, -0.2) is 0 Å². The third-order valence-electron chi connectivity index (χ3n) is 3.97. The summed E-state index contributed by atoms with van der Waals surface area (Å²) in [6.07, 6.45) is 4.77. The van der Waals surface area contributed by atoms with Crippen molar-refractivity contribution < 1.29 is 0 Å². The normalized spacial score (nSPS) is 11.0. The molecule has 0 radical (unpaired) electrons. The van der Waals surface area contributed by atoms with E-state index in [2.05, 4.69) is 31.2 Å². The lowest BCUT2D eigenvalue weighted by molar-refractivity contribution is 0.718. The van der Waals surface area contributed by atoms with E-state index in [1.165, 1.54) is 30.4 Å². The maximum absolute atomic E-state index is 12.4. The van der Waals surface area contributed by atoms with Crippen molar-refractivity contribution in [2.24, 2.45) is 0 Å². The molecule has 22 heavy (non-hydrogen) atoms. The SMILES string of the molecule is CCCCCc1ccccc1-c1cc(=O)c2ccccc2s1. The molecule has 3 rings (SSSR count). The summed E-state index contributed by atoms with van der Waals surface area (Å²) in [4.78, 5) is 13.4. The summed E-state index contributed by atoms with van der Waals surface area (Å²) in [6, 6.07) is 18.1. The second-order valence-corrected chi connectivity index (χ2v) is 6.67. The van der Waals surface area contributed by atoms with Crippen molar-refractivity contribution >= 4 is 21.4 Å². The number of rotatable bonds is 5. The highest BCUT2D eigenvalue weighted by Crippen LogP contribution is 2.31. The highest BCUT2D eigenvalue weighted by Gasteiger charge is 2.08. The van der Waals surface area contributed by atoms with Crippen molar-refractivity contribution in [2.75, 3.05) is 0 Å². The molecule has 2 heteroatoms. The molecule has 0 aliphatic heterocycles. The molecule has 1 nitrogen and oxygen atoms in total. The first-order valence-electron chi connectivity index (χ1n) is 7.91. The number of hydrogen-bond acceptors (Lipinski definition) is 2. The van der Waals surface area contributed by atoms with E-state index in [0.717, 1.165) is 21.4 Å². The van der Waals surface area contributed by atoms with Crippen LogP contribution in [0.3, 0.4) is 0 Å². The summed E-state index contributed by atoms with van der Waals surface area (Å²) < 4.78 is 1.06. The maximum Gasteiger partial charge on any atom is 0.188 e. The van der Waals surface area contributed by atoms with E-state index in [4.69, 9.17) is 0 Å². The molecule has 1 aromatic heterocycles. The van der Waals surface area contributed by atoms with Crippen LogP contribution >= 0.6 is 11.3 Å². The molecule has 0 unspecified atom stereocenters. The molecule has 3 aromatic rings.